The molecule has 0 spiro atoms. The Morgan fingerprint density at radius 3 is 1.97 bits per heavy atom. The molecule has 0 bridgehead atoms. The van der Waals surface area contributed by atoms with E-state index in [1.807, 2.05) is 0 Å². The highest BCUT2D eigenvalue weighted by atomic mass is 16.6. The zero-order chi connectivity index (χ0) is 24.2. The van der Waals surface area contributed by atoms with Gasteiger partial charge in [0.25, 0.3) is 0 Å². The van der Waals surface area contributed by atoms with E-state index < -0.39 is 0 Å². The Bertz CT molecular complexity index is 459. The van der Waals surface area contributed by atoms with Crippen molar-refractivity contribution in [3.8, 4) is 0 Å². The van der Waals surface area contributed by atoms with Crippen LogP contribution in [0.5, 0.6) is 0 Å². The first-order chi connectivity index (χ1) is 16.2. The molecule has 0 aromatic heterocycles. The van der Waals surface area contributed by atoms with E-state index in [-0.39, 0.29) is 12.1 Å². The van der Waals surface area contributed by atoms with E-state index in [4.69, 9.17) is 14.2 Å². The van der Waals surface area contributed by atoms with E-state index in [9.17, 15) is 4.79 Å². The third kappa shape index (κ3) is 25.3. The molecule has 0 saturated carbocycles. The van der Waals surface area contributed by atoms with Crippen molar-refractivity contribution in [1.29, 1.82) is 0 Å². The van der Waals surface area contributed by atoms with Crippen molar-refractivity contribution in [3.63, 3.8) is 0 Å². The molecule has 194 valence electrons. The van der Waals surface area contributed by atoms with Gasteiger partial charge in [0.1, 0.15) is 12.7 Å². The van der Waals surface area contributed by atoms with Gasteiger partial charge in [-0.05, 0) is 51.4 Å². The Morgan fingerprint density at radius 1 is 0.667 bits per heavy atom. The highest BCUT2D eigenvalue weighted by molar-refractivity contribution is 5.69. The van der Waals surface area contributed by atoms with Crippen LogP contribution in [0.1, 0.15) is 124 Å². The number of rotatable bonds is 25. The number of carbonyl (C=O) groups is 1. The first-order valence-electron chi connectivity index (χ1n) is 13.9. The molecule has 0 aromatic carbocycles. The molecule has 4 nitrogen and oxygen atoms in total. The van der Waals surface area contributed by atoms with Gasteiger partial charge in [-0.2, -0.15) is 0 Å². The van der Waals surface area contributed by atoms with Crippen molar-refractivity contribution in [2.75, 3.05) is 26.4 Å². The largest absolute Gasteiger partial charge is 0.463 e. The van der Waals surface area contributed by atoms with E-state index in [0.29, 0.717) is 26.2 Å². The molecule has 0 radical (unpaired) electrons. The van der Waals surface area contributed by atoms with Crippen LogP contribution in [-0.4, -0.2) is 38.5 Å². The van der Waals surface area contributed by atoms with Crippen LogP contribution >= 0.6 is 0 Å². The van der Waals surface area contributed by atoms with Gasteiger partial charge in [-0.15, -0.1) is 0 Å². The predicted octanol–water partition coefficient (Wildman–Crippen LogP) is 8.35. The molecule has 0 aliphatic carbocycles. The Morgan fingerprint density at radius 2 is 1.27 bits per heavy atom. The van der Waals surface area contributed by atoms with Gasteiger partial charge in [0, 0.05) is 19.6 Å². The summed E-state index contributed by atoms with van der Waals surface area (Å²) >= 11 is 0. The van der Waals surface area contributed by atoms with Crippen molar-refractivity contribution in [2.24, 2.45) is 0 Å². The molecule has 0 saturated heterocycles. The highest BCUT2D eigenvalue weighted by Crippen LogP contribution is 2.09. The van der Waals surface area contributed by atoms with Gasteiger partial charge in [-0.1, -0.05) is 90.0 Å². The second-order valence-electron chi connectivity index (χ2n) is 8.94. The van der Waals surface area contributed by atoms with Crippen LogP contribution in [0.2, 0.25) is 0 Å². The second-order valence-corrected chi connectivity index (χ2v) is 8.94. The SMILES string of the molecule is CCCCC/C=C\C/C=C\CCCCCCCC(=O)OCC(COCCCC)OCCCC. The average Bonchev–Trinajstić information content (AvgIpc) is 2.82. The second kappa shape index (κ2) is 27.1. The number of ether oxygens (including phenoxy) is 3. The minimum Gasteiger partial charge on any atom is -0.463 e. The minimum absolute atomic E-state index is 0.113. The van der Waals surface area contributed by atoms with Crippen molar-refractivity contribution >= 4 is 5.97 Å². The molecule has 33 heavy (non-hydrogen) atoms. The monoisotopic (exact) mass is 466 g/mol. The predicted molar refractivity (Wildman–Crippen MR) is 141 cm³/mol. The van der Waals surface area contributed by atoms with Gasteiger partial charge in [0.05, 0.1) is 6.61 Å². The van der Waals surface area contributed by atoms with Crippen molar-refractivity contribution in [3.05, 3.63) is 24.3 Å². The summed E-state index contributed by atoms with van der Waals surface area (Å²) in [5.41, 5.74) is 0. The number of carbonyl (C=O) groups excluding carboxylic acids is 1. The third-order valence-corrected chi connectivity index (χ3v) is 5.56. The molecule has 0 fully saturated rings. The van der Waals surface area contributed by atoms with Crippen molar-refractivity contribution in [2.45, 2.75) is 130 Å². The smallest absolute Gasteiger partial charge is 0.305 e. The number of allylic oxidation sites excluding steroid dienone is 4. The number of unbranched alkanes of at least 4 members (excludes halogenated alkanes) is 10. The zero-order valence-corrected chi connectivity index (χ0v) is 22.2. The van der Waals surface area contributed by atoms with E-state index >= 15 is 0 Å². The van der Waals surface area contributed by atoms with E-state index in [1.165, 1.54) is 44.9 Å². The Kier molecular flexibility index (Phi) is 26.2. The maximum Gasteiger partial charge on any atom is 0.305 e. The lowest BCUT2D eigenvalue weighted by Gasteiger charge is -2.18. The minimum atomic E-state index is -0.151. The summed E-state index contributed by atoms with van der Waals surface area (Å²) in [7, 11) is 0. The summed E-state index contributed by atoms with van der Waals surface area (Å²) in [5.74, 6) is -0.113. The zero-order valence-electron chi connectivity index (χ0n) is 22.2. The Labute approximate surface area is 205 Å². The maximum atomic E-state index is 12.1. The van der Waals surface area contributed by atoms with Gasteiger partial charge < -0.3 is 14.2 Å². The molecular weight excluding hydrogens is 412 g/mol. The fraction of sp³-hybridized carbons (Fsp3) is 0.828. The normalized spacial score (nSPS) is 12.7. The van der Waals surface area contributed by atoms with Crippen molar-refractivity contribution < 1.29 is 19.0 Å². The van der Waals surface area contributed by atoms with Gasteiger partial charge in [0.15, 0.2) is 0 Å². The summed E-state index contributed by atoms with van der Waals surface area (Å²) in [6.45, 7) is 8.77. The molecule has 0 aliphatic rings. The van der Waals surface area contributed by atoms with Crippen LogP contribution in [0.3, 0.4) is 0 Å². The van der Waals surface area contributed by atoms with Crippen LogP contribution < -0.4 is 0 Å². The summed E-state index contributed by atoms with van der Waals surface area (Å²) in [4.78, 5) is 12.1. The van der Waals surface area contributed by atoms with Crippen LogP contribution in [0.4, 0.5) is 0 Å². The molecule has 0 heterocycles. The highest BCUT2D eigenvalue weighted by Gasteiger charge is 2.13. The summed E-state index contributed by atoms with van der Waals surface area (Å²) in [5, 5.41) is 0. The topological polar surface area (TPSA) is 44.8 Å². The fourth-order valence-corrected chi connectivity index (χ4v) is 3.34. The maximum absolute atomic E-state index is 12.1. The molecule has 0 aromatic rings. The molecular formula is C29H54O4. The molecule has 1 atom stereocenters. The Hall–Kier alpha value is -1.13. The van der Waals surface area contributed by atoms with E-state index in [1.54, 1.807) is 0 Å². The van der Waals surface area contributed by atoms with Crippen LogP contribution in [-0.2, 0) is 19.0 Å². The molecule has 0 N–H and O–H groups in total. The number of hydrogen-bond donors (Lipinski definition) is 0. The molecule has 1 unspecified atom stereocenters. The number of hydrogen-bond acceptors (Lipinski definition) is 4. The van der Waals surface area contributed by atoms with Crippen LogP contribution in [0.25, 0.3) is 0 Å². The van der Waals surface area contributed by atoms with Gasteiger partial charge >= 0.3 is 5.97 Å². The third-order valence-electron chi connectivity index (χ3n) is 5.56. The van der Waals surface area contributed by atoms with Gasteiger partial charge in [-0.25, -0.2) is 0 Å². The first-order valence-corrected chi connectivity index (χ1v) is 13.9. The van der Waals surface area contributed by atoms with Gasteiger partial charge in [-0.3, -0.25) is 4.79 Å². The molecule has 0 aliphatic heterocycles. The quantitative estimate of drug-likeness (QED) is 0.0770. The standard InChI is InChI=1S/C29H54O4/c1-4-7-10-11-12-13-14-15-16-17-18-19-20-21-22-23-29(30)33-27-28(32-25-9-6-3)26-31-24-8-5-2/h12-13,15-16,28H,4-11,14,17-27H2,1-3H3/b13-12-,16-15-. The van der Waals surface area contributed by atoms with Crippen LogP contribution in [0, 0.1) is 0 Å². The lowest BCUT2D eigenvalue weighted by atomic mass is 10.1. The number of esters is 1. The lowest BCUT2D eigenvalue weighted by molar-refractivity contribution is -0.150. The van der Waals surface area contributed by atoms with Gasteiger partial charge in [0.2, 0.25) is 0 Å². The van der Waals surface area contributed by atoms with Crippen LogP contribution in [0.15, 0.2) is 24.3 Å². The molecule has 4 heteroatoms. The van der Waals surface area contributed by atoms with Crippen molar-refractivity contribution in [1.82, 2.24) is 0 Å². The summed E-state index contributed by atoms with van der Waals surface area (Å²) in [6, 6.07) is 0. The first kappa shape index (κ1) is 31.9. The molecule has 0 amide bonds. The lowest BCUT2D eigenvalue weighted by Crippen LogP contribution is -2.28. The summed E-state index contributed by atoms with van der Waals surface area (Å²) in [6.07, 6.45) is 26.8. The average molecular weight is 467 g/mol. The van der Waals surface area contributed by atoms with E-state index in [0.717, 1.165) is 58.0 Å². The Balaban J connectivity index is 3.66. The van der Waals surface area contributed by atoms with E-state index in [2.05, 4.69) is 45.1 Å². The summed E-state index contributed by atoms with van der Waals surface area (Å²) < 4.78 is 17.0. The fourth-order valence-electron chi connectivity index (χ4n) is 3.34. The molecule has 0 rings (SSSR count).